The minimum absolute atomic E-state index is 0.0602. The zero-order valence-corrected chi connectivity index (χ0v) is 17.8. The summed E-state index contributed by atoms with van der Waals surface area (Å²) in [7, 11) is 0. The summed E-state index contributed by atoms with van der Waals surface area (Å²) in [5.74, 6) is 2.74. The number of nitrogen functional groups attached to an aromatic ring is 1. The lowest BCUT2D eigenvalue weighted by molar-refractivity contribution is -0.118. The highest BCUT2D eigenvalue weighted by Crippen LogP contribution is 2.29. The van der Waals surface area contributed by atoms with Crippen LogP contribution in [-0.4, -0.2) is 63.2 Å². The maximum atomic E-state index is 11.4. The van der Waals surface area contributed by atoms with E-state index in [9.17, 15) is 4.79 Å². The van der Waals surface area contributed by atoms with Crippen LogP contribution in [0.3, 0.4) is 0 Å². The van der Waals surface area contributed by atoms with Crippen molar-refractivity contribution in [3.05, 3.63) is 48.2 Å². The van der Waals surface area contributed by atoms with Crippen molar-refractivity contribution < 1.29 is 13.9 Å². The van der Waals surface area contributed by atoms with Crippen LogP contribution in [0.15, 0.2) is 47.1 Å². The zero-order chi connectivity index (χ0) is 22.4. The molecule has 1 fully saturated rings. The first-order valence-corrected chi connectivity index (χ1v) is 10.7. The van der Waals surface area contributed by atoms with E-state index in [2.05, 4.69) is 30.2 Å². The number of ether oxygens (including phenoxy) is 1. The number of aromatic nitrogens is 4. The van der Waals surface area contributed by atoms with E-state index in [-0.39, 0.29) is 18.5 Å². The lowest BCUT2D eigenvalue weighted by atomic mass is 10.1. The Kier molecular flexibility index (Phi) is 4.61. The van der Waals surface area contributed by atoms with Gasteiger partial charge >= 0.3 is 0 Å². The molecule has 168 valence electrons. The van der Waals surface area contributed by atoms with Gasteiger partial charge in [-0.15, -0.1) is 5.10 Å². The van der Waals surface area contributed by atoms with Crippen molar-refractivity contribution >= 4 is 29.0 Å². The number of piperazine rings is 1. The van der Waals surface area contributed by atoms with Crippen LogP contribution in [0.5, 0.6) is 5.75 Å². The SMILES string of the molecule is Nc1nc(N2CCN(Cc3ccc4c(c3)OCC(=O)N4)CC2)cc2nc(-c3ccco3)nn12. The van der Waals surface area contributed by atoms with Gasteiger partial charge in [-0.2, -0.15) is 9.50 Å². The standard InChI is InChI=1S/C22H22N8O3/c23-22-26-18(11-19-25-21(27-30(19)22)16-2-1-9-32-16)29-7-5-28(6-8-29)12-14-3-4-15-17(10-14)33-13-20(31)24-15/h1-4,9-11H,5-8,12-13H2,(H2,23,26)(H,24,31). The van der Waals surface area contributed by atoms with Crippen LogP contribution in [0, 0.1) is 0 Å². The van der Waals surface area contributed by atoms with Crippen LogP contribution < -0.4 is 20.7 Å². The topological polar surface area (TPSA) is 127 Å². The molecule has 1 aromatic carbocycles. The average Bonchev–Trinajstić information content (AvgIpc) is 3.50. The number of hydrogen-bond acceptors (Lipinski definition) is 9. The quantitative estimate of drug-likeness (QED) is 0.481. The molecule has 2 aliphatic rings. The summed E-state index contributed by atoms with van der Waals surface area (Å²) in [6, 6.07) is 11.4. The summed E-state index contributed by atoms with van der Waals surface area (Å²) in [6.45, 7) is 4.27. The van der Waals surface area contributed by atoms with Gasteiger partial charge in [-0.3, -0.25) is 9.69 Å². The summed E-state index contributed by atoms with van der Waals surface area (Å²) in [6.07, 6.45) is 1.59. The van der Waals surface area contributed by atoms with E-state index < -0.39 is 0 Å². The molecule has 6 rings (SSSR count). The molecular formula is C22H22N8O3. The van der Waals surface area contributed by atoms with Gasteiger partial charge in [-0.05, 0) is 29.8 Å². The van der Waals surface area contributed by atoms with Crippen molar-refractivity contribution in [3.63, 3.8) is 0 Å². The molecule has 0 radical (unpaired) electrons. The molecule has 2 aliphatic heterocycles. The summed E-state index contributed by atoms with van der Waals surface area (Å²) < 4.78 is 12.5. The lowest BCUT2D eigenvalue weighted by Gasteiger charge is -2.35. The van der Waals surface area contributed by atoms with Gasteiger partial charge in [0.15, 0.2) is 18.0 Å². The average molecular weight is 446 g/mol. The van der Waals surface area contributed by atoms with Crippen LogP contribution in [0.25, 0.3) is 17.2 Å². The molecule has 1 amide bonds. The first kappa shape index (κ1) is 19.6. The van der Waals surface area contributed by atoms with E-state index >= 15 is 0 Å². The Morgan fingerprint density at radius 1 is 1.09 bits per heavy atom. The summed E-state index contributed by atoms with van der Waals surface area (Å²) in [5.41, 5.74) is 8.67. The zero-order valence-electron chi connectivity index (χ0n) is 17.8. The van der Waals surface area contributed by atoms with Gasteiger partial charge in [-0.1, -0.05) is 6.07 Å². The van der Waals surface area contributed by atoms with Crippen LogP contribution in [-0.2, 0) is 11.3 Å². The van der Waals surface area contributed by atoms with Crippen molar-refractivity contribution in [2.75, 3.05) is 48.7 Å². The molecule has 5 heterocycles. The van der Waals surface area contributed by atoms with Gasteiger partial charge in [0.2, 0.25) is 11.8 Å². The maximum absolute atomic E-state index is 11.4. The number of furan rings is 1. The van der Waals surface area contributed by atoms with Crippen molar-refractivity contribution in [2.24, 2.45) is 0 Å². The highest BCUT2D eigenvalue weighted by Gasteiger charge is 2.22. The van der Waals surface area contributed by atoms with E-state index in [0.29, 0.717) is 17.2 Å². The first-order valence-electron chi connectivity index (χ1n) is 10.7. The number of carbonyl (C=O) groups excluding carboxylic acids is 1. The Labute approximate surface area is 188 Å². The van der Waals surface area contributed by atoms with Crippen molar-refractivity contribution in [2.45, 2.75) is 6.54 Å². The second-order valence-corrected chi connectivity index (χ2v) is 8.09. The molecule has 0 bridgehead atoms. The normalized spacial score (nSPS) is 16.5. The summed E-state index contributed by atoms with van der Waals surface area (Å²) >= 11 is 0. The number of nitrogens with one attached hydrogen (secondary N) is 1. The molecule has 0 spiro atoms. The molecule has 0 aliphatic carbocycles. The summed E-state index contributed by atoms with van der Waals surface area (Å²) in [5, 5.41) is 7.22. The Morgan fingerprint density at radius 3 is 2.79 bits per heavy atom. The van der Waals surface area contributed by atoms with Crippen molar-refractivity contribution in [3.8, 4) is 17.3 Å². The number of nitrogens with two attached hydrogens (primary N) is 1. The fourth-order valence-corrected chi connectivity index (χ4v) is 4.18. The molecule has 33 heavy (non-hydrogen) atoms. The number of carbonyl (C=O) groups is 1. The van der Waals surface area contributed by atoms with E-state index in [0.717, 1.165) is 55.5 Å². The second kappa shape index (κ2) is 7.78. The van der Waals surface area contributed by atoms with Gasteiger partial charge in [0, 0.05) is 38.8 Å². The van der Waals surface area contributed by atoms with E-state index in [1.54, 1.807) is 12.3 Å². The fourth-order valence-electron chi connectivity index (χ4n) is 4.18. The number of rotatable bonds is 4. The molecule has 4 aromatic rings. The molecule has 0 saturated carbocycles. The largest absolute Gasteiger partial charge is 0.482 e. The molecule has 0 unspecified atom stereocenters. The Balaban J connectivity index is 1.14. The smallest absolute Gasteiger partial charge is 0.262 e. The number of hydrogen-bond donors (Lipinski definition) is 2. The van der Waals surface area contributed by atoms with Crippen molar-refractivity contribution in [1.82, 2.24) is 24.5 Å². The van der Waals surface area contributed by atoms with Crippen LogP contribution in [0.4, 0.5) is 17.5 Å². The van der Waals surface area contributed by atoms with Gasteiger partial charge in [0.1, 0.15) is 11.6 Å². The van der Waals surface area contributed by atoms with Crippen LogP contribution in [0.1, 0.15) is 5.56 Å². The third kappa shape index (κ3) is 3.72. The minimum Gasteiger partial charge on any atom is -0.482 e. The summed E-state index contributed by atoms with van der Waals surface area (Å²) in [4.78, 5) is 25.1. The lowest BCUT2D eigenvalue weighted by Crippen LogP contribution is -2.46. The fraction of sp³-hybridized carbons (Fsp3) is 0.273. The predicted octanol–water partition coefficient (Wildman–Crippen LogP) is 1.62. The molecule has 1 saturated heterocycles. The molecule has 3 aromatic heterocycles. The van der Waals surface area contributed by atoms with Gasteiger partial charge in [0.05, 0.1) is 12.0 Å². The molecule has 0 atom stereocenters. The maximum Gasteiger partial charge on any atom is 0.262 e. The van der Waals surface area contributed by atoms with Crippen molar-refractivity contribution in [1.29, 1.82) is 0 Å². The Hall–Kier alpha value is -4.12. The highest BCUT2D eigenvalue weighted by molar-refractivity contribution is 5.95. The number of amides is 1. The monoisotopic (exact) mass is 446 g/mol. The molecule has 11 nitrogen and oxygen atoms in total. The highest BCUT2D eigenvalue weighted by atomic mass is 16.5. The van der Waals surface area contributed by atoms with E-state index in [1.807, 2.05) is 30.3 Å². The second-order valence-electron chi connectivity index (χ2n) is 8.09. The number of benzene rings is 1. The number of fused-ring (bicyclic) bond motifs is 2. The Bertz CT molecular complexity index is 1330. The third-order valence-corrected chi connectivity index (χ3v) is 5.86. The van der Waals surface area contributed by atoms with Gasteiger partial charge in [0.25, 0.3) is 5.91 Å². The first-order chi connectivity index (χ1) is 16.1. The van der Waals surface area contributed by atoms with E-state index in [4.69, 9.17) is 14.9 Å². The number of anilines is 3. The molecule has 11 heteroatoms. The van der Waals surface area contributed by atoms with Crippen LogP contribution in [0.2, 0.25) is 0 Å². The Morgan fingerprint density at radius 2 is 1.97 bits per heavy atom. The predicted molar refractivity (Wildman–Crippen MR) is 121 cm³/mol. The molecule has 3 N–H and O–H groups in total. The number of nitrogens with zero attached hydrogens (tertiary/aromatic N) is 6. The molecular weight excluding hydrogens is 424 g/mol. The van der Waals surface area contributed by atoms with Gasteiger partial charge in [-0.25, -0.2) is 4.98 Å². The minimum atomic E-state index is -0.123. The van der Waals surface area contributed by atoms with Gasteiger partial charge < -0.3 is 25.1 Å². The van der Waals surface area contributed by atoms with E-state index in [1.165, 1.54) is 4.52 Å². The van der Waals surface area contributed by atoms with Crippen LogP contribution >= 0.6 is 0 Å². The third-order valence-electron chi connectivity index (χ3n) is 5.86.